The smallest absolute Gasteiger partial charge is 0.366 e. The number of halogens is 3. The van der Waals surface area contributed by atoms with Crippen LogP contribution in [0.5, 0.6) is 0 Å². The summed E-state index contributed by atoms with van der Waals surface area (Å²) < 4.78 is 40.5. The summed E-state index contributed by atoms with van der Waals surface area (Å²) in [5, 5.41) is 11.8. The maximum Gasteiger partial charge on any atom is 0.416 e. The van der Waals surface area contributed by atoms with Crippen molar-refractivity contribution in [1.29, 1.82) is 0 Å². The van der Waals surface area contributed by atoms with Gasteiger partial charge >= 0.3 is 6.18 Å². The van der Waals surface area contributed by atoms with Gasteiger partial charge in [-0.05, 0) is 42.3 Å². The van der Waals surface area contributed by atoms with Crippen LogP contribution in [0.2, 0.25) is 0 Å². The van der Waals surface area contributed by atoms with Crippen LogP contribution in [0.4, 0.5) is 13.2 Å². The quantitative estimate of drug-likeness (QED) is 0.500. The number of hydrogen-bond acceptors (Lipinski definition) is 4. The summed E-state index contributed by atoms with van der Waals surface area (Å²) in [5.74, 6) is -0.603. The van der Waals surface area contributed by atoms with Crippen molar-refractivity contribution in [3.05, 3.63) is 65.6 Å². The molecule has 1 amide bonds. The minimum absolute atomic E-state index is 0.0910. The number of fused-ring (bicyclic) bond motifs is 1. The zero-order valence-corrected chi connectivity index (χ0v) is 15.6. The predicted molar refractivity (Wildman–Crippen MR) is 105 cm³/mol. The van der Waals surface area contributed by atoms with Crippen LogP contribution in [-0.4, -0.2) is 30.9 Å². The maximum atomic E-state index is 13.1. The van der Waals surface area contributed by atoms with Gasteiger partial charge in [0.25, 0.3) is 5.91 Å². The standard InChI is InChI=1S/C20H15F3N6O/c1-11-4-14(6-15(5-11)20(21,22)23)19-25-10-29(28-19)9-16(18(24)30)12-2-3-13-8-26-27-17(13)7-12/h2-10H,1H3,(H2,24,30)(H,26,27)/b16-9-. The van der Waals surface area contributed by atoms with Gasteiger partial charge in [-0.3, -0.25) is 9.89 Å². The fraction of sp³-hybridized carbons (Fsp3) is 0.100. The fourth-order valence-electron chi connectivity index (χ4n) is 3.06. The molecule has 0 aliphatic carbocycles. The molecule has 0 saturated carbocycles. The number of amides is 1. The van der Waals surface area contributed by atoms with Gasteiger partial charge in [-0.15, -0.1) is 5.10 Å². The van der Waals surface area contributed by atoms with Gasteiger partial charge in [-0.25, -0.2) is 9.67 Å². The molecular weight excluding hydrogens is 397 g/mol. The summed E-state index contributed by atoms with van der Waals surface area (Å²) >= 11 is 0. The van der Waals surface area contributed by atoms with E-state index in [0.29, 0.717) is 11.1 Å². The molecule has 0 bridgehead atoms. The fourth-order valence-corrected chi connectivity index (χ4v) is 3.06. The zero-order valence-electron chi connectivity index (χ0n) is 15.6. The van der Waals surface area contributed by atoms with E-state index in [1.54, 1.807) is 37.4 Å². The zero-order chi connectivity index (χ0) is 21.5. The number of rotatable bonds is 4. The predicted octanol–water partition coefficient (Wildman–Crippen LogP) is 3.63. The highest BCUT2D eigenvalue weighted by Gasteiger charge is 2.31. The molecule has 0 aliphatic rings. The lowest BCUT2D eigenvalue weighted by atomic mass is 10.1. The molecule has 0 unspecified atom stereocenters. The Kier molecular flexibility index (Phi) is 4.61. The van der Waals surface area contributed by atoms with Crippen molar-refractivity contribution in [1.82, 2.24) is 25.0 Å². The van der Waals surface area contributed by atoms with Crippen molar-refractivity contribution in [3.8, 4) is 11.4 Å². The highest BCUT2D eigenvalue weighted by atomic mass is 19.4. The van der Waals surface area contributed by atoms with Gasteiger partial charge in [0.1, 0.15) is 6.33 Å². The van der Waals surface area contributed by atoms with Gasteiger partial charge in [0, 0.05) is 17.1 Å². The molecule has 2 aromatic heterocycles. The first-order chi connectivity index (χ1) is 14.2. The topological polar surface area (TPSA) is 102 Å². The number of carbonyl (C=O) groups is 1. The first-order valence-electron chi connectivity index (χ1n) is 8.76. The van der Waals surface area contributed by atoms with E-state index >= 15 is 0 Å². The van der Waals surface area contributed by atoms with Crippen molar-refractivity contribution in [3.63, 3.8) is 0 Å². The van der Waals surface area contributed by atoms with E-state index in [9.17, 15) is 18.0 Å². The van der Waals surface area contributed by atoms with E-state index in [4.69, 9.17) is 5.73 Å². The van der Waals surface area contributed by atoms with Gasteiger partial charge in [0.05, 0.1) is 22.9 Å². The first kappa shape index (κ1) is 19.4. The number of aryl methyl sites for hydroxylation is 1. The van der Waals surface area contributed by atoms with Gasteiger partial charge < -0.3 is 5.73 Å². The van der Waals surface area contributed by atoms with Crippen LogP contribution in [0, 0.1) is 6.92 Å². The molecule has 152 valence electrons. The Morgan fingerprint density at radius 3 is 2.73 bits per heavy atom. The number of aromatic nitrogens is 5. The minimum atomic E-state index is -4.48. The van der Waals surface area contributed by atoms with Crippen LogP contribution in [-0.2, 0) is 11.0 Å². The molecule has 0 radical (unpaired) electrons. The maximum absolute atomic E-state index is 13.1. The van der Waals surface area contributed by atoms with Crippen molar-refractivity contribution in [2.45, 2.75) is 13.1 Å². The van der Waals surface area contributed by atoms with Crippen molar-refractivity contribution >= 4 is 28.6 Å². The molecule has 0 spiro atoms. The second-order valence-electron chi connectivity index (χ2n) is 6.71. The van der Waals surface area contributed by atoms with E-state index in [1.165, 1.54) is 17.2 Å². The average molecular weight is 412 g/mol. The highest BCUT2D eigenvalue weighted by Crippen LogP contribution is 2.32. The molecule has 7 nitrogen and oxygen atoms in total. The number of carbonyl (C=O) groups excluding carboxylic acids is 1. The number of aromatic amines is 1. The third kappa shape index (κ3) is 3.79. The number of nitrogens with zero attached hydrogens (tertiary/aromatic N) is 4. The normalized spacial score (nSPS) is 12.5. The van der Waals surface area contributed by atoms with Crippen molar-refractivity contribution in [2.24, 2.45) is 5.73 Å². The lowest BCUT2D eigenvalue weighted by Gasteiger charge is -2.09. The Balaban J connectivity index is 1.73. The molecule has 0 saturated heterocycles. The highest BCUT2D eigenvalue weighted by molar-refractivity contribution is 6.22. The third-order valence-corrected chi connectivity index (χ3v) is 4.45. The Bertz CT molecular complexity index is 1290. The minimum Gasteiger partial charge on any atom is -0.366 e. The number of nitrogens with one attached hydrogen (secondary N) is 1. The van der Waals surface area contributed by atoms with E-state index in [1.807, 2.05) is 0 Å². The molecule has 30 heavy (non-hydrogen) atoms. The van der Waals surface area contributed by atoms with Crippen LogP contribution in [0.25, 0.3) is 34.1 Å². The molecule has 3 N–H and O–H groups in total. The molecule has 4 aromatic rings. The van der Waals surface area contributed by atoms with Crippen LogP contribution in [0.3, 0.4) is 0 Å². The van der Waals surface area contributed by atoms with E-state index in [-0.39, 0.29) is 17.0 Å². The van der Waals surface area contributed by atoms with E-state index in [0.717, 1.165) is 23.0 Å². The number of hydrogen-bond donors (Lipinski definition) is 2. The Hall–Kier alpha value is -3.95. The summed E-state index contributed by atoms with van der Waals surface area (Å²) in [6, 6.07) is 8.80. The Morgan fingerprint density at radius 2 is 2.00 bits per heavy atom. The van der Waals surface area contributed by atoms with Gasteiger partial charge in [0.15, 0.2) is 5.82 Å². The summed E-state index contributed by atoms with van der Waals surface area (Å²) in [6.07, 6.45) is -0.166. The number of primary amides is 1. The van der Waals surface area contributed by atoms with Gasteiger partial charge in [-0.2, -0.15) is 18.3 Å². The third-order valence-electron chi connectivity index (χ3n) is 4.45. The van der Waals surface area contributed by atoms with Crippen molar-refractivity contribution < 1.29 is 18.0 Å². The molecule has 0 atom stereocenters. The average Bonchev–Trinajstić information content (AvgIpc) is 3.33. The lowest BCUT2D eigenvalue weighted by Crippen LogP contribution is -2.13. The van der Waals surface area contributed by atoms with Crippen LogP contribution in [0.1, 0.15) is 16.7 Å². The number of alkyl halides is 3. The SMILES string of the molecule is Cc1cc(-c2ncn(/C=C(\C(N)=O)c3ccc4cn[nH]c4c3)n2)cc(C(F)(F)F)c1. The largest absolute Gasteiger partial charge is 0.416 e. The van der Waals surface area contributed by atoms with E-state index < -0.39 is 17.6 Å². The Labute approximate surface area is 168 Å². The summed E-state index contributed by atoms with van der Waals surface area (Å²) in [4.78, 5) is 16.1. The van der Waals surface area contributed by atoms with Crippen LogP contribution >= 0.6 is 0 Å². The van der Waals surface area contributed by atoms with E-state index in [2.05, 4.69) is 20.3 Å². The molecule has 0 aliphatic heterocycles. The molecular formula is C20H15F3N6O. The number of benzene rings is 2. The summed E-state index contributed by atoms with van der Waals surface area (Å²) in [7, 11) is 0. The number of nitrogens with two attached hydrogens (primary N) is 1. The lowest BCUT2D eigenvalue weighted by molar-refractivity contribution is -0.137. The summed E-state index contributed by atoms with van der Waals surface area (Å²) in [5.41, 5.74) is 6.79. The molecule has 2 heterocycles. The molecule has 10 heteroatoms. The molecule has 4 rings (SSSR count). The Morgan fingerprint density at radius 1 is 1.20 bits per heavy atom. The van der Waals surface area contributed by atoms with Crippen molar-refractivity contribution in [2.75, 3.05) is 0 Å². The van der Waals surface area contributed by atoms with Crippen LogP contribution in [0.15, 0.2) is 48.9 Å². The molecule has 2 aromatic carbocycles. The van der Waals surface area contributed by atoms with Gasteiger partial charge in [-0.1, -0.05) is 12.1 Å². The monoisotopic (exact) mass is 412 g/mol. The summed E-state index contributed by atoms with van der Waals surface area (Å²) in [6.45, 7) is 1.56. The number of H-pyrrole nitrogens is 1. The second-order valence-corrected chi connectivity index (χ2v) is 6.71. The first-order valence-corrected chi connectivity index (χ1v) is 8.76. The van der Waals surface area contributed by atoms with Gasteiger partial charge in [0.2, 0.25) is 0 Å². The second kappa shape index (κ2) is 7.14. The van der Waals surface area contributed by atoms with Crippen LogP contribution < -0.4 is 5.73 Å². The molecule has 0 fully saturated rings.